The molecule has 0 saturated heterocycles. The molecule has 4 rings (SSSR count). The van der Waals surface area contributed by atoms with E-state index in [0.29, 0.717) is 50.5 Å². The van der Waals surface area contributed by atoms with E-state index in [1.165, 1.54) is 28.3 Å². The molecule has 9 nitrogen and oxygen atoms in total. The van der Waals surface area contributed by atoms with Crippen LogP contribution < -0.4 is 25.1 Å². The van der Waals surface area contributed by atoms with Gasteiger partial charge in [-0.2, -0.15) is 0 Å². The molecular formula is C27H24N2O7. The van der Waals surface area contributed by atoms with Gasteiger partial charge in [0.05, 0.1) is 21.3 Å². The number of hydrogen-bond donors (Lipinski definition) is 2. The molecule has 0 atom stereocenters. The van der Waals surface area contributed by atoms with Gasteiger partial charge in [0, 0.05) is 29.2 Å². The maximum atomic E-state index is 13.6. The molecule has 0 spiro atoms. The third-order valence-electron chi connectivity index (χ3n) is 5.69. The van der Waals surface area contributed by atoms with Gasteiger partial charge >= 0.3 is 5.97 Å². The van der Waals surface area contributed by atoms with E-state index in [2.05, 4.69) is 5.32 Å². The van der Waals surface area contributed by atoms with Crippen molar-refractivity contribution in [3.05, 3.63) is 76.7 Å². The number of carbonyl (C=O) groups is 2. The third-order valence-corrected chi connectivity index (χ3v) is 5.69. The molecule has 4 aromatic rings. The quantitative estimate of drug-likeness (QED) is 0.398. The number of rotatable bonds is 7. The fraction of sp³-hybridized carbons (Fsp3) is 0.148. The first-order chi connectivity index (χ1) is 17.3. The minimum Gasteiger partial charge on any atom is -0.493 e. The minimum absolute atomic E-state index is 0.236. The Kier molecular flexibility index (Phi) is 6.64. The Morgan fingerprint density at radius 1 is 0.861 bits per heavy atom. The lowest BCUT2D eigenvalue weighted by Crippen LogP contribution is -2.26. The predicted octanol–water partition coefficient (Wildman–Crippen LogP) is 4.34. The summed E-state index contributed by atoms with van der Waals surface area (Å²) in [5.74, 6) is -0.518. The molecule has 1 heterocycles. The zero-order chi connectivity index (χ0) is 26.0. The van der Waals surface area contributed by atoms with E-state index < -0.39 is 11.5 Å². The Balaban J connectivity index is 2.12. The Hall–Kier alpha value is -4.79. The van der Waals surface area contributed by atoms with Gasteiger partial charge in [0.1, 0.15) is 5.69 Å². The lowest BCUT2D eigenvalue weighted by molar-refractivity contribution is -0.114. The lowest BCUT2D eigenvalue weighted by atomic mass is 9.95. The second-order valence-corrected chi connectivity index (χ2v) is 7.86. The van der Waals surface area contributed by atoms with E-state index in [-0.39, 0.29) is 11.6 Å². The highest BCUT2D eigenvalue weighted by Crippen LogP contribution is 2.43. The second-order valence-electron chi connectivity index (χ2n) is 7.86. The van der Waals surface area contributed by atoms with E-state index in [4.69, 9.17) is 14.2 Å². The van der Waals surface area contributed by atoms with Gasteiger partial charge in [0.15, 0.2) is 11.5 Å². The Labute approximate surface area is 206 Å². The molecule has 3 aromatic carbocycles. The van der Waals surface area contributed by atoms with Crippen LogP contribution in [0.3, 0.4) is 0 Å². The summed E-state index contributed by atoms with van der Waals surface area (Å²) in [6.45, 7) is 1.38. The number of hydrogen-bond acceptors (Lipinski definition) is 6. The van der Waals surface area contributed by atoms with Crippen molar-refractivity contribution in [3.63, 3.8) is 0 Å². The SMILES string of the molecule is COc1cc(-c2c(C(=O)O)n(-c3ccc(NC(C)=O)cc3)c(=O)c3ccccc23)cc(OC)c1OC. The van der Waals surface area contributed by atoms with E-state index in [1.54, 1.807) is 60.7 Å². The Bertz CT molecular complexity index is 1510. The topological polar surface area (TPSA) is 116 Å². The van der Waals surface area contributed by atoms with Crippen molar-refractivity contribution < 1.29 is 28.9 Å². The summed E-state index contributed by atoms with van der Waals surface area (Å²) in [6, 6.07) is 16.4. The largest absolute Gasteiger partial charge is 0.493 e. The number of carboxylic acids is 1. The van der Waals surface area contributed by atoms with Gasteiger partial charge in [-0.25, -0.2) is 4.79 Å². The smallest absolute Gasteiger partial charge is 0.353 e. The highest BCUT2D eigenvalue weighted by Gasteiger charge is 2.26. The van der Waals surface area contributed by atoms with Crippen LogP contribution in [0, 0.1) is 0 Å². The summed E-state index contributed by atoms with van der Waals surface area (Å²) in [5, 5.41) is 13.8. The first-order valence-corrected chi connectivity index (χ1v) is 10.9. The summed E-state index contributed by atoms with van der Waals surface area (Å²) in [7, 11) is 4.41. The number of nitrogens with zero attached hydrogens (tertiary/aromatic N) is 1. The number of ether oxygens (including phenoxy) is 3. The van der Waals surface area contributed by atoms with Crippen LogP contribution in [0.15, 0.2) is 65.5 Å². The van der Waals surface area contributed by atoms with Crippen molar-refractivity contribution in [2.75, 3.05) is 26.6 Å². The maximum Gasteiger partial charge on any atom is 0.353 e. The van der Waals surface area contributed by atoms with Crippen LogP contribution >= 0.6 is 0 Å². The van der Waals surface area contributed by atoms with Crippen LogP contribution in [0.5, 0.6) is 17.2 Å². The van der Waals surface area contributed by atoms with E-state index in [0.717, 1.165) is 4.57 Å². The molecule has 1 aromatic heterocycles. The molecule has 0 unspecified atom stereocenters. The fourth-order valence-corrected chi connectivity index (χ4v) is 4.21. The third kappa shape index (κ3) is 4.22. The molecular weight excluding hydrogens is 464 g/mol. The van der Waals surface area contributed by atoms with Crippen LogP contribution in [-0.4, -0.2) is 42.9 Å². The van der Waals surface area contributed by atoms with Gasteiger partial charge in [-0.05, 0) is 53.4 Å². The molecule has 184 valence electrons. The molecule has 0 radical (unpaired) electrons. The zero-order valence-corrected chi connectivity index (χ0v) is 20.1. The number of amides is 1. The number of methoxy groups -OCH3 is 3. The average Bonchev–Trinajstić information content (AvgIpc) is 2.87. The van der Waals surface area contributed by atoms with Gasteiger partial charge in [0.25, 0.3) is 5.56 Å². The number of pyridine rings is 1. The maximum absolute atomic E-state index is 13.6. The van der Waals surface area contributed by atoms with Crippen molar-refractivity contribution in [2.45, 2.75) is 6.92 Å². The van der Waals surface area contributed by atoms with Crippen molar-refractivity contribution >= 4 is 28.3 Å². The van der Waals surface area contributed by atoms with Crippen LogP contribution in [-0.2, 0) is 4.79 Å². The average molecular weight is 488 g/mol. The number of fused-ring (bicyclic) bond motifs is 1. The van der Waals surface area contributed by atoms with Gasteiger partial charge in [-0.15, -0.1) is 0 Å². The van der Waals surface area contributed by atoms with Gasteiger partial charge < -0.3 is 24.6 Å². The predicted molar refractivity (Wildman–Crippen MR) is 136 cm³/mol. The first kappa shape index (κ1) is 24.3. The normalized spacial score (nSPS) is 10.7. The monoisotopic (exact) mass is 488 g/mol. The van der Waals surface area contributed by atoms with Crippen molar-refractivity contribution in [1.29, 1.82) is 0 Å². The Morgan fingerprint density at radius 2 is 1.44 bits per heavy atom. The molecule has 0 saturated carbocycles. The first-order valence-electron chi connectivity index (χ1n) is 10.9. The van der Waals surface area contributed by atoms with Crippen molar-refractivity contribution in [3.8, 4) is 34.1 Å². The molecule has 2 N–H and O–H groups in total. The summed E-state index contributed by atoms with van der Waals surface area (Å²) < 4.78 is 17.5. The number of anilines is 1. The Morgan fingerprint density at radius 3 is 1.94 bits per heavy atom. The highest BCUT2D eigenvalue weighted by atomic mass is 16.5. The van der Waals surface area contributed by atoms with E-state index >= 15 is 0 Å². The molecule has 0 bridgehead atoms. The zero-order valence-electron chi connectivity index (χ0n) is 20.1. The number of aromatic carboxylic acids is 1. The van der Waals surface area contributed by atoms with Crippen LogP contribution in [0.2, 0.25) is 0 Å². The minimum atomic E-state index is -1.30. The standard InChI is InChI=1S/C27H24N2O7/c1-15(30)28-17-9-11-18(12-10-17)29-24(27(32)33)23(19-7-5-6-8-20(19)26(29)31)16-13-21(34-2)25(36-4)22(14-16)35-3/h5-14H,1-4H3,(H,28,30)(H,32,33). The van der Waals surface area contributed by atoms with Crippen molar-refractivity contribution in [2.24, 2.45) is 0 Å². The number of carbonyl (C=O) groups excluding carboxylic acids is 1. The lowest BCUT2D eigenvalue weighted by Gasteiger charge is -2.20. The van der Waals surface area contributed by atoms with Gasteiger partial charge in [-0.3, -0.25) is 14.2 Å². The molecule has 0 aliphatic carbocycles. The number of aromatic nitrogens is 1. The summed E-state index contributed by atoms with van der Waals surface area (Å²) in [4.78, 5) is 37.7. The fourth-order valence-electron chi connectivity index (χ4n) is 4.21. The molecule has 1 amide bonds. The highest BCUT2D eigenvalue weighted by molar-refractivity contribution is 6.07. The molecule has 0 fully saturated rings. The summed E-state index contributed by atoms with van der Waals surface area (Å²) in [5.41, 5.74) is 0.879. The molecule has 0 aliphatic heterocycles. The van der Waals surface area contributed by atoms with Crippen LogP contribution in [0.4, 0.5) is 5.69 Å². The molecule has 9 heteroatoms. The number of benzene rings is 3. The summed E-state index contributed by atoms with van der Waals surface area (Å²) in [6.07, 6.45) is 0. The van der Waals surface area contributed by atoms with Crippen LogP contribution in [0.25, 0.3) is 27.6 Å². The molecule has 36 heavy (non-hydrogen) atoms. The summed E-state index contributed by atoms with van der Waals surface area (Å²) >= 11 is 0. The van der Waals surface area contributed by atoms with Crippen LogP contribution in [0.1, 0.15) is 17.4 Å². The van der Waals surface area contributed by atoms with Gasteiger partial charge in [-0.1, -0.05) is 18.2 Å². The van der Waals surface area contributed by atoms with E-state index in [1.807, 2.05) is 0 Å². The van der Waals surface area contributed by atoms with Gasteiger partial charge in [0.2, 0.25) is 11.7 Å². The number of nitrogens with one attached hydrogen (secondary N) is 1. The second kappa shape index (κ2) is 9.83. The van der Waals surface area contributed by atoms with Crippen molar-refractivity contribution in [1.82, 2.24) is 4.57 Å². The van der Waals surface area contributed by atoms with E-state index in [9.17, 15) is 19.5 Å². The molecule has 0 aliphatic rings. The number of carboxylic acid groups (broad SMARTS) is 1.